The highest BCUT2D eigenvalue weighted by atomic mass is 35.5. The van der Waals surface area contributed by atoms with Gasteiger partial charge in [-0.1, -0.05) is 11.6 Å². The molecule has 0 radical (unpaired) electrons. The zero-order valence-electron chi connectivity index (χ0n) is 7.81. The first kappa shape index (κ1) is 11.0. The summed E-state index contributed by atoms with van der Waals surface area (Å²) < 4.78 is 0.810. The van der Waals surface area contributed by atoms with Gasteiger partial charge in [0, 0.05) is 22.4 Å². The van der Waals surface area contributed by atoms with E-state index in [1.165, 1.54) is 4.88 Å². The Morgan fingerprint density at radius 2 is 2.40 bits per heavy atom. The third-order valence-corrected chi connectivity index (χ3v) is 4.17. The van der Waals surface area contributed by atoms with Crippen molar-refractivity contribution < 1.29 is 0 Å². The van der Waals surface area contributed by atoms with Crippen LogP contribution in [0.5, 0.6) is 0 Å². The molecule has 1 atom stereocenters. The van der Waals surface area contributed by atoms with Crippen LogP contribution >= 0.6 is 34.3 Å². The van der Waals surface area contributed by atoms with E-state index in [1.807, 2.05) is 18.3 Å². The summed E-state index contributed by atoms with van der Waals surface area (Å²) in [5.74, 6) is 5.52. The molecule has 0 aliphatic carbocycles. The number of nitrogens with one attached hydrogen (secondary N) is 1. The number of rotatable bonds is 4. The zero-order valence-corrected chi connectivity index (χ0v) is 10.2. The van der Waals surface area contributed by atoms with Gasteiger partial charge in [-0.05, 0) is 12.1 Å². The van der Waals surface area contributed by atoms with Gasteiger partial charge >= 0.3 is 0 Å². The maximum absolute atomic E-state index is 5.87. The number of hydrogen-bond donors (Lipinski definition) is 2. The summed E-state index contributed by atoms with van der Waals surface area (Å²) in [5.41, 5.74) is 4.60. The smallest absolute Gasteiger partial charge is 0.0931 e. The molecule has 0 fully saturated rings. The second kappa shape index (κ2) is 5.05. The molecule has 0 saturated heterocycles. The average molecular weight is 260 g/mol. The number of hydrazine groups is 1. The number of hydrogen-bond acceptors (Lipinski definition) is 5. The van der Waals surface area contributed by atoms with Crippen LogP contribution in [0, 0.1) is 0 Å². The van der Waals surface area contributed by atoms with Crippen molar-refractivity contribution in [2.75, 3.05) is 0 Å². The van der Waals surface area contributed by atoms with E-state index in [0.29, 0.717) is 0 Å². The minimum Gasteiger partial charge on any atom is -0.271 e. The maximum atomic E-state index is 5.87. The lowest BCUT2D eigenvalue weighted by Gasteiger charge is -2.11. The van der Waals surface area contributed by atoms with Crippen molar-refractivity contribution in [2.24, 2.45) is 5.84 Å². The van der Waals surface area contributed by atoms with Crippen LogP contribution in [-0.2, 0) is 6.42 Å². The van der Waals surface area contributed by atoms with Gasteiger partial charge in [0.05, 0.1) is 15.9 Å². The quantitative estimate of drug-likeness (QED) is 0.656. The molecular formula is C9H10ClN3S2. The predicted molar refractivity (Wildman–Crippen MR) is 65.2 cm³/mol. The summed E-state index contributed by atoms with van der Waals surface area (Å²) in [6.45, 7) is 0. The van der Waals surface area contributed by atoms with E-state index in [0.717, 1.165) is 15.6 Å². The first-order chi connectivity index (χ1) is 7.29. The van der Waals surface area contributed by atoms with Crippen LogP contribution < -0.4 is 11.3 Å². The summed E-state index contributed by atoms with van der Waals surface area (Å²) in [7, 11) is 0. The van der Waals surface area contributed by atoms with Gasteiger partial charge in [-0.3, -0.25) is 16.3 Å². The molecule has 3 N–H and O–H groups in total. The molecule has 0 amide bonds. The van der Waals surface area contributed by atoms with Crippen LogP contribution in [0.4, 0.5) is 0 Å². The predicted octanol–water partition coefficient (Wildman–Crippen LogP) is 2.61. The number of halogens is 1. The van der Waals surface area contributed by atoms with Crippen LogP contribution in [-0.4, -0.2) is 4.98 Å². The van der Waals surface area contributed by atoms with Gasteiger partial charge < -0.3 is 0 Å². The van der Waals surface area contributed by atoms with Crippen molar-refractivity contribution in [1.82, 2.24) is 10.4 Å². The summed E-state index contributed by atoms with van der Waals surface area (Å²) in [6, 6.07) is 4.05. The second-order valence-electron chi connectivity index (χ2n) is 3.03. The van der Waals surface area contributed by atoms with Crippen LogP contribution in [0.15, 0.2) is 23.8 Å². The monoisotopic (exact) mass is 259 g/mol. The van der Waals surface area contributed by atoms with E-state index in [-0.39, 0.29) is 6.04 Å². The lowest BCUT2D eigenvalue weighted by atomic mass is 10.2. The Morgan fingerprint density at radius 3 is 2.93 bits per heavy atom. The lowest BCUT2D eigenvalue weighted by molar-refractivity contribution is 0.563. The molecule has 0 aromatic carbocycles. The molecule has 0 saturated carbocycles. The van der Waals surface area contributed by atoms with E-state index >= 15 is 0 Å². The lowest BCUT2D eigenvalue weighted by Crippen LogP contribution is -2.28. The number of thiazole rings is 1. The summed E-state index contributed by atoms with van der Waals surface area (Å²) in [5, 5.41) is 0. The van der Waals surface area contributed by atoms with Crippen molar-refractivity contribution in [3.05, 3.63) is 37.9 Å². The van der Waals surface area contributed by atoms with Gasteiger partial charge in [0.1, 0.15) is 0 Å². The summed E-state index contributed by atoms with van der Waals surface area (Å²) in [6.07, 6.45) is 2.68. The largest absolute Gasteiger partial charge is 0.271 e. The van der Waals surface area contributed by atoms with Gasteiger partial charge in [-0.2, -0.15) is 0 Å². The highest BCUT2D eigenvalue weighted by Gasteiger charge is 2.13. The molecule has 6 heteroatoms. The first-order valence-corrected chi connectivity index (χ1v) is 6.45. The molecule has 15 heavy (non-hydrogen) atoms. The third kappa shape index (κ3) is 2.76. The topological polar surface area (TPSA) is 50.9 Å². The average Bonchev–Trinajstić information content (AvgIpc) is 2.85. The standard InChI is InChI=1S/C9H10ClN3S2/c10-9-2-1-6(15-9)3-7(13-11)8-4-12-5-14-8/h1-2,4-5,7,13H,3,11H2. The molecule has 1 unspecified atom stereocenters. The Kier molecular flexibility index (Phi) is 3.71. The number of nitrogens with two attached hydrogens (primary N) is 1. The first-order valence-electron chi connectivity index (χ1n) is 4.38. The molecule has 2 aromatic heterocycles. The van der Waals surface area contributed by atoms with E-state index in [4.69, 9.17) is 17.4 Å². The molecule has 2 heterocycles. The number of aromatic nitrogens is 1. The van der Waals surface area contributed by atoms with Gasteiger partial charge in [0.2, 0.25) is 0 Å². The summed E-state index contributed by atoms with van der Waals surface area (Å²) >= 11 is 9.05. The highest BCUT2D eigenvalue weighted by molar-refractivity contribution is 7.16. The van der Waals surface area contributed by atoms with Crippen molar-refractivity contribution in [3.8, 4) is 0 Å². The molecule has 0 aliphatic rings. The zero-order chi connectivity index (χ0) is 10.7. The van der Waals surface area contributed by atoms with Crippen molar-refractivity contribution in [3.63, 3.8) is 0 Å². The molecular weight excluding hydrogens is 250 g/mol. The van der Waals surface area contributed by atoms with Gasteiger partial charge in [-0.25, -0.2) is 0 Å². The normalized spacial score (nSPS) is 12.9. The molecule has 0 aliphatic heterocycles. The molecule has 80 valence electrons. The van der Waals surface area contributed by atoms with Gasteiger partial charge in [-0.15, -0.1) is 22.7 Å². The molecule has 0 spiro atoms. The Morgan fingerprint density at radius 1 is 1.53 bits per heavy atom. The minimum absolute atomic E-state index is 0.118. The van der Waals surface area contributed by atoms with Crippen molar-refractivity contribution >= 4 is 34.3 Å². The van der Waals surface area contributed by atoms with E-state index in [1.54, 1.807) is 28.2 Å². The molecule has 0 bridgehead atoms. The van der Waals surface area contributed by atoms with Crippen molar-refractivity contribution in [2.45, 2.75) is 12.5 Å². The van der Waals surface area contributed by atoms with Crippen LogP contribution in [0.3, 0.4) is 0 Å². The third-order valence-electron chi connectivity index (χ3n) is 2.03. The fraction of sp³-hybridized carbons (Fsp3) is 0.222. The maximum Gasteiger partial charge on any atom is 0.0931 e. The molecule has 2 rings (SSSR count). The van der Waals surface area contributed by atoms with E-state index < -0.39 is 0 Å². The van der Waals surface area contributed by atoms with E-state index in [2.05, 4.69) is 10.4 Å². The Hall–Kier alpha value is -0.460. The summed E-state index contributed by atoms with van der Waals surface area (Å²) in [4.78, 5) is 6.40. The number of thiophene rings is 1. The highest BCUT2D eigenvalue weighted by Crippen LogP contribution is 2.27. The fourth-order valence-corrected chi connectivity index (χ4v) is 3.12. The Labute approximate surface area is 101 Å². The minimum atomic E-state index is 0.118. The Balaban J connectivity index is 2.09. The van der Waals surface area contributed by atoms with E-state index in [9.17, 15) is 0 Å². The van der Waals surface area contributed by atoms with Crippen LogP contribution in [0.1, 0.15) is 15.8 Å². The van der Waals surface area contributed by atoms with Crippen molar-refractivity contribution in [1.29, 1.82) is 0 Å². The fourth-order valence-electron chi connectivity index (χ4n) is 1.30. The van der Waals surface area contributed by atoms with Gasteiger partial charge in [0.15, 0.2) is 0 Å². The van der Waals surface area contributed by atoms with Crippen LogP contribution in [0.2, 0.25) is 4.34 Å². The molecule has 3 nitrogen and oxygen atoms in total. The second-order valence-corrected chi connectivity index (χ2v) is 5.75. The Bertz CT molecular complexity index is 413. The van der Waals surface area contributed by atoms with Gasteiger partial charge in [0.25, 0.3) is 0 Å². The van der Waals surface area contributed by atoms with Crippen LogP contribution in [0.25, 0.3) is 0 Å². The number of nitrogens with zero attached hydrogens (tertiary/aromatic N) is 1. The molecule has 2 aromatic rings. The SMILES string of the molecule is NNC(Cc1ccc(Cl)s1)c1cncs1.